The maximum Gasteiger partial charge on any atom is 0.431 e. The van der Waals surface area contributed by atoms with Crippen LogP contribution in [0.3, 0.4) is 0 Å². The summed E-state index contributed by atoms with van der Waals surface area (Å²) in [6, 6.07) is 3.47. The first kappa shape index (κ1) is 10.9. The molecular formula is C9H7N3O5. The van der Waals surface area contributed by atoms with Crippen LogP contribution in [0.5, 0.6) is 0 Å². The Morgan fingerprint density at radius 1 is 1.47 bits per heavy atom. The van der Waals surface area contributed by atoms with Crippen LogP contribution in [0.2, 0.25) is 0 Å². The monoisotopic (exact) mass is 237 g/mol. The van der Waals surface area contributed by atoms with E-state index in [2.05, 4.69) is 0 Å². The van der Waals surface area contributed by atoms with E-state index in [0.29, 0.717) is 4.68 Å². The summed E-state index contributed by atoms with van der Waals surface area (Å²) in [5.74, 6) is 0. The van der Waals surface area contributed by atoms with Gasteiger partial charge in [0.05, 0.1) is 15.8 Å². The van der Waals surface area contributed by atoms with Crippen LogP contribution < -0.4 is 5.56 Å². The Morgan fingerprint density at radius 2 is 2.12 bits per heavy atom. The zero-order valence-electron chi connectivity index (χ0n) is 8.65. The lowest BCUT2D eigenvalue weighted by atomic mass is 10.2. The molecule has 0 aliphatic carbocycles. The molecule has 0 bridgehead atoms. The zero-order chi connectivity index (χ0) is 12.7. The fourth-order valence-electron chi connectivity index (χ4n) is 1.65. The molecule has 88 valence electrons. The molecule has 8 heteroatoms. The maximum absolute atomic E-state index is 11.6. The van der Waals surface area contributed by atoms with Crippen molar-refractivity contribution in [2.45, 2.75) is 0 Å². The molecule has 0 aliphatic heterocycles. The van der Waals surface area contributed by atoms with Crippen molar-refractivity contribution in [3.63, 3.8) is 0 Å². The lowest BCUT2D eigenvalue weighted by Crippen LogP contribution is -2.23. The molecule has 1 N–H and O–H groups in total. The molecule has 0 fully saturated rings. The van der Waals surface area contributed by atoms with Crippen LogP contribution in [0, 0.1) is 10.1 Å². The third-order valence-corrected chi connectivity index (χ3v) is 2.43. The van der Waals surface area contributed by atoms with Gasteiger partial charge in [-0.2, -0.15) is 4.68 Å². The van der Waals surface area contributed by atoms with Gasteiger partial charge in [0, 0.05) is 19.2 Å². The van der Waals surface area contributed by atoms with Crippen LogP contribution in [0.25, 0.3) is 10.9 Å². The number of carboxylic acid groups (broad SMARTS) is 1. The van der Waals surface area contributed by atoms with Gasteiger partial charge in [-0.05, 0) is 6.07 Å². The number of hydrogen-bond acceptors (Lipinski definition) is 4. The molecule has 1 heterocycles. The fourth-order valence-corrected chi connectivity index (χ4v) is 1.65. The topological polar surface area (TPSA) is 107 Å². The van der Waals surface area contributed by atoms with Crippen molar-refractivity contribution >= 4 is 22.7 Å². The second-order valence-electron chi connectivity index (χ2n) is 3.38. The standard InChI is InChI=1S/C9H7N3O5/c1-10-8(13)6-3-2-5(12(16)17)4-7(6)11(10)9(14)15/h2-4H,1H3,(H,14,15). The third-order valence-electron chi connectivity index (χ3n) is 2.43. The van der Waals surface area contributed by atoms with Crippen LogP contribution in [0.1, 0.15) is 0 Å². The highest BCUT2D eigenvalue weighted by Gasteiger charge is 2.18. The van der Waals surface area contributed by atoms with E-state index in [9.17, 15) is 19.7 Å². The Hall–Kier alpha value is -2.64. The summed E-state index contributed by atoms with van der Waals surface area (Å²) in [6.45, 7) is 0. The molecule has 0 aliphatic rings. The largest absolute Gasteiger partial charge is 0.463 e. The number of non-ortho nitro benzene ring substituents is 1. The van der Waals surface area contributed by atoms with Crippen LogP contribution in [-0.2, 0) is 7.05 Å². The first-order valence-corrected chi connectivity index (χ1v) is 4.53. The van der Waals surface area contributed by atoms with Gasteiger partial charge < -0.3 is 5.11 Å². The minimum atomic E-state index is -1.37. The summed E-state index contributed by atoms with van der Waals surface area (Å²) >= 11 is 0. The summed E-state index contributed by atoms with van der Waals surface area (Å²) in [6.07, 6.45) is -1.37. The molecule has 2 rings (SSSR count). The van der Waals surface area contributed by atoms with E-state index in [1.807, 2.05) is 0 Å². The van der Waals surface area contributed by atoms with E-state index in [1.54, 1.807) is 0 Å². The van der Waals surface area contributed by atoms with Gasteiger partial charge in [0.2, 0.25) is 0 Å². The first-order valence-electron chi connectivity index (χ1n) is 4.53. The summed E-state index contributed by atoms with van der Waals surface area (Å²) < 4.78 is 1.56. The molecule has 0 radical (unpaired) electrons. The highest BCUT2D eigenvalue weighted by atomic mass is 16.6. The van der Waals surface area contributed by atoms with E-state index in [1.165, 1.54) is 13.1 Å². The van der Waals surface area contributed by atoms with Gasteiger partial charge in [0.1, 0.15) is 0 Å². The van der Waals surface area contributed by atoms with Crippen molar-refractivity contribution < 1.29 is 14.8 Å². The number of benzene rings is 1. The van der Waals surface area contributed by atoms with Gasteiger partial charge in [-0.25, -0.2) is 9.48 Å². The first-order chi connectivity index (χ1) is 7.93. The smallest absolute Gasteiger partial charge is 0.431 e. The Bertz CT molecular complexity index is 696. The Morgan fingerprint density at radius 3 is 2.65 bits per heavy atom. The molecule has 0 unspecified atom stereocenters. The Labute approximate surface area is 93.4 Å². The number of nitrogens with zero attached hydrogens (tertiary/aromatic N) is 3. The van der Waals surface area contributed by atoms with Crippen molar-refractivity contribution in [3.8, 4) is 0 Å². The molecule has 1 aromatic carbocycles. The molecule has 0 amide bonds. The maximum atomic E-state index is 11.6. The highest BCUT2D eigenvalue weighted by molar-refractivity contribution is 5.88. The van der Waals surface area contributed by atoms with Crippen molar-refractivity contribution in [3.05, 3.63) is 38.7 Å². The molecule has 17 heavy (non-hydrogen) atoms. The second-order valence-corrected chi connectivity index (χ2v) is 3.38. The fraction of sp³-hybridized carbons (Fsp3) is 0.111. The molecule has 8 nitrogen and oxygen atoms in total. The normalized spacial score (nSPS) is 10.6. The molecule has 0 saturated carbocycles. The van der Waals surface area contributed by atoms with E-state index in [0.717, 1.165) is 16.8 Å². The number of nitro benzene ring substituents is 1. The van der Waals surface area contributed by atoms with Gasteiger partial charge >= 0.3 is 6.09 Å². The van der Waals surface area contributed by atoms with Crippen LogP contribution in [-0.4, -0.2) is 25.5 Å². The summed E-state index contributed by atoms with van der Waals surface area (Å²) in [4.78, 5) is 32.5. The summed E-state index contributed by atoms with van der Waals surface area (Å²) in [5.41, 5.74) is -0.783. The van der Waals surface area contributed by atoms with Crippen LogP contribution in [0.15, 0.2) is 23.0 Å². The molecule has 2 aromatic rings. The molecular weight excluding hydrogens is 230 g/mol. The lowest BCUT2D eigenvalue weighted by Gasteiger charge is -2.00. The van der Waals surface area contributed by atoms with Gasteiger partial charge in [-0.3, -0.25) is 14.9 Å². The molecule has 0 atom stereocenters. The van der Waals surface area contributed by atoms with Crippen molar-refractivity contribution in [2.75, 3.05) is 0 Å². The number of aromatic nitrogens is 2. The second kappa shape index (κ2) is 3.44. The van der Waals surface area contributed by atoms with Gasteiger partial charge in [0.15, 0.2) is 0 Å². The number of hydrogen-bond donors (Lipinski definition) is 1. The summed E-state index contributed by atoms with van der Waals surface area (Å²) in [7, 11) is 1.28. The minimum absolute atomic E-state index is 0.000741. The van der Waals surface area contributed by atoms with E-state index in [-0.39, 0.29) is 16.6 Å². The minimum Gasteiger partial charge on any atom is -0.463 e. The van der Waals surface area contributed by atoms with Crippen molar-refractivity contribution in [1.29, 1.82) is 0 Å². The number of nitro groups is 1. The SMILES string of the molecule is Cn1c(=O)c2ccc([N+](=O)[O-])cc2n1C(=O)O. The molecule has 0 spiro atoms. The average Bonchev–Trinajstić information content (AvgIpc) is 2.51. The quantitative estimate of drug-likeness (QED) is 0.582. The average molecular weight is 237 g/mol. The van der Waals surface area contributed by atoms with Crippen molar-refractivity contribution in [1.82, 2.24) is 9.36 Å². The zero-order valence-corrected chi connectivity index (χ0v) is 8.65. The molecule has 0 saturated heterocycles. The van der Waals surface area contributed by atoms with Gasteiger partial charge in [-0.15, -0.1) is 0 Å². The Kier molecular flexibility index (Phi) is 2.20. The summed E-state index contributed by atoms with van der Waals surface area (Å²) in [5, 5.41) is 19.6. The van der Waals surface area contributed by atoms with Crippen LogP contribution in [0.4, 0.5) is 10.5 Å². The number of fused-ring (bicyclic) bond motifs is 1. The third kappa shape index (κ3) is 1.46. The van der Waals surface area contributed by atoms with E-state index in [4.69, 9.17) is 5.11 Å². The van der Waals surface area contributed by atoms with E-state index >= 15 is 0 Å². The van der Waals surface area contributed by atoms with Crippen molar-refractivity contribution in [2.24, 2.45) is 7.05 Å². The van der Waals surface area contributed by atoms with Gasteiger partial charge in [0.25, 0.3) is 11.2 Å². The lowest BCUT2D eigenvalue weighted by molar-refractivity contribution is -0.384. The highest BCUT2D eigenvalue weighted by Crippen LogP contribution is 2.18. The predicted molar refractivity (Wildman–Crippen MR) is 57.3 cm³/mol. The van der Waals surface area contributed by atoms with Gasteiger partial charge in [-0.1, -0.05) is 0 Å². The number of rotatable bonds is 1. The molecule has 1 aromatic heterocycles. The van der Waals surface area contributed by atoms with E-state index < -0.39 is 16.6 Å². The Balaban J connectivity index is 2.93. The predicted octanol–water partition coefficient (Wildman–Crippen LogP) is 0.774. The number of carbonyl (C=O) groups is 1. The van der Waals surface area contributed by atoms with Crippen LogP contribution >= 0.6 is 0 Å².